The number of carbonyl (C=O) groups excluding carboxylic acids is 4. The van der Waals surface area contributed by atoms with E-state index in [-0.39, 0.29) is 41.4 Å². The molecule has 1 aromatic carbocycles. The summed E-state index contributed by atoms with van der Waals surface area (Å²) in [6.07, 6.45) is 4.79. The molecule has 2 aliphatic rings. The van der Waals surface area contributed by atoms with Gasteiger partial charge in [-0.05, 0) is 50.1 Å². The van der Waals surface area contributed by atoms with Crippen molar-refractivity contribution in [3.05, 3.63) is 56.8 Å². The van der Waals surface area contributed by atoms with Crippen molar-refractivity contribution < 1.29 is 23.9 Å². The number of fused-ring (bicyclic) bond motifs is 1. The van der Waals surface area contributed by atoms with Crippen molar-refractivity contribution in [3.8, 4) is 0 Å². The third-order valence-corrected chi connectivity index (χ3v) is 6.48. The summed E-state index contributed by atoms with van der Waals surface area (Å²) in [6, 6.07) is 7.84. The van der Waals surface area contributed by atoms with E-state index in [9.17, 15) is 19.2 Å². The van der Waals surface area contributed by atoms with Gasteiger partial charge in [-0.2, -0.15) is 0 Å². The second kappa shape index (κ2) is 7.91. The second-order valence-corrected chi connectivity index (χ2v) is 8.73. The lowest BCUT2D eigenvalue weighted by atomic mass is 9.94. The minimum atomic E-state index is -0.689. The fourth-order valence-electron chi connectivity index (χ4n) is 3.93. The first-order valence-corrected chi connectivity index (χ1v) is 10.6. The largest absolute Gasteiger partial charge is 0.454 e. The molecule has 1 saturated carbocycles. The standard InChI is InChI=1S/C22H21NO5S/c1-13-7-10-19(29-13)18(24)12-28-22(27)14-8-9-16-17(11-14)21(26)23(20(16)25)15-5-3-2-4-6-15/h7-11,15H,2-6,12H2,1H3. The Labute approximate surface area is 172 Å². The van der Waals surface area contributed by atoms with Gasteiger partial charge in [0.1, 0.15) is 0 Å². The second-order valence-electron chi connectivity index (χ2n) is 7.44. The number of thiophene rings is 1. The summed E-state index contributed by atoms with van der Waals surface area (Å²) in [5, 5.41) is 0. The summed E-state index contributed by atoms with van der Waals surface area (Å²) in [4.78, 5) is 52.9. The van der Waals surface area contributed by atoms with Crippen LogP contribution in [-0.2, 0) is 4.74 Å². The van der Waals surface area contributed by atoms with Crippen LogP contribution in [0.5, 0.6) is 0 Å². The maximum Gasteiger partial charge on any atom is 0.338 e. The minimum Gasteiger partial charge on any atom is -0.454 e. The zero-order valence-electron chi connectivity index (χ0n) is 16.1. The molecule has 0 unspecified atom stereocenters. The van der Waals surface area contributed by atoms with E-state index in [1.807, 2.05) is 13.0 Å². The smallest absolute Gasteiger partial charge is 0.338 e. The van der Waals surface area contributed by atoms with E-state index in [2.05, 4.69) is 0 Å². The molecular weight excluding hydrogens is 390 g/mol. The highest BCUT2D eigenvalue weighted by Gasteiger charge is 2.40. The average molecular weight is 411 g/mol. The lowest BCUT2D eigenvalue weighted by Crippen LogP contribution is -2.40. The van der Waals surface area contributed by atoms with E-state index < -0.39 is 5.97 Å². The maximum atomic E-state index is 12.8. The monoisotopic (exact) mass is 411 g/mol. The van der Waals surface area contributed by atoms with Gasteiger partial charge in [-0.1, -0.05) is 19.3 Å². The molecule has 1 aromatic heterocycles. The molecule has 150 valence electrons. The molecule has 1 aliphatic heterocycles. The van der Waals surface area contributed by atoms with Crippen LogP contribution in [-0.4, -0.2) is 41.1 Å². The summed E-state index contributed by atoms with van der Waals surface area (Å²) in [6.45, 7) is 1.53. The van der Waals surface area contributed by atoms with Crippen LogP contribution < -0.4 is 0 Å². The Morgan fingerprint density at radius 1 is 1.03 bits per heavy atom. The van der Waals surface area contributed by atoms with Gasteiger partial charge in [0.25, 0.3) is 11.8 Å². The molecule has 0 atom stereocenters. The number of benzene rings is 1. The number of esters is 1. The first-order chi connectivity index (χ1) is 14.0. The van der Waals surface area contributed by atoms with Crippen molar-refractivity contribution in [1.82, 2.24) is 4.90 Å². The van der Waals surface area contributed by atoms with E-state index in [1.165, 1.54) is 34.4 Å². The molecule has 1 aliphatic carbocycles. The summed E-state index contributed by atoms with van der Waals surface area (Å²) >= 11 is 1.35. The van der Waals surface area contributed by atoms with Crippen LogP contribution in [0.1, 0.15) is 77.7 Å². The van der Waals surface area contributed by atoms with Gasteiger partial charge in [0.2, 0.25) is 5.78 Å². The normalized spacial score (nSPS) is 16.8. The summed E-state index contributed by atoms with van der Waals surface area (Å²) in [7, 11) is 0. The number of imide groups is 1. The van der Waals surface area contributed by atoms with Crippen molar-refractivity contribution in [3.63, 3.8) is 0 Å². The van der Waals surface area contributed by atoms with Crippen LogP contribution in [0.4, 0.5) is 0 Å². The van der Waals surface area contributed by atoms with Crippen LogP contribution in [0.2, 0.25) is 0 Å². The highest BCUT2D eigenvalue weighted by atomic mass is 32.1. The van der Waals surface area contributed by atoms with E-state index in [1.54, 1.807) is 6.07 Å². The van der Waals surface area contributed by atoms with Crippen LogP contribution in [0.3, 0.4) is 0 Å². The first-order valence-electron chi connectivity index (χ1n) is 9.74. The Morgan fingerprint density at radius 2 is 1.76 bits per heavy atom. The SMILES string of the molecule is Cc1ccc(C(=O)COC(=O)c2ccc3c(c2)C(=O)N(C2CCCCC2)C3=O)s1. The van der Waals surface area contributed by atoms with E-state index in [0.29, 0.717) is 10.4 Å². The lowest BCUT2D eigenvalue weighted by Gasteiger charge is -2.29. The molecule has 0 bridgehead atoms. The Balaban J connectivity index is 1.46. The molecule has 0 spiro atoms. The highest BCUT2D eigenvalue weighted by Crippen LogP contribution is 2.31. The summed E-state index contributed by atoms with van der Waals surface area (Å²) < 4.78 is 5.13. The molecule has 2 heterocycles. The number of carbonyl (C=O) groups is 4. The lowest BCUT2D eigenvalue weighted by molar-refractivity contribution is 0.0475. The van der Waals surface area contributed by atoms with Gasteiger partial charge in [0, 0.05) is 10.9 Å². The predicted molar refractivity (Wildman–Crippen MR) is 107 cm³/mol. The van der Waals surface area contributed by atoms with Crippen LogP contribution in [0.15, 0.2) is 30.3 Å². The van der Waals surface area contributed by atoms with Gasteiger partial charge in [-0.15, -0.1) is 11.3 Å². The molecule has 0 saturated heterocycles. The van der Waals surface area contributed by atoms with Gasteiger partial charge >= 0.3 is 5.97 Å². The number of nitrogens with zero attached hydrogens (tertiary/aromatic N) is 1. The van der Waals surface area contributed by atoms with E-state index in [0.717, 1.165) is 37.0 Å². The van der Waals surface area contributed by atoms with Crippen molar-refractivity contribution in [2.24, 2.45) is 0 Å². The molecule has 1 fully saturated rings. The first kappa shape index (κ1) is 19.5. The Hall–Kier alpha value is -2.80. The van der Waals surface area contributed by atoms with Crippen molar-refractivity contribution in [2.45, 2.75) is 45.1 Å². The summed E-state index contributed by atoms with van der Waals surface area (Å²) in [5.74, 6) is -1.60. The number of Topliss-reactive ketones (excluding diaryl/α,β-unsaturated/α-hetero) is 1. The quantitative estimate of drug-likeness (QED) is 0.422. The molecule has 6 nitrogen and oxygen atoms in total. The zero-order chi connectivity index (χ0) is 20.5. The molecule has 29 heavy (non-hydrogen) atoms. The van der Waals surface area contributed by atoms with Crippen LogP contribution in [0, 0.1) is 6.92 Å². The van der Waals surface area contributed by atoms with Crippen molar-refractivity contribution in [2.75, 3.05) is 6.61 Å². The molecule has 0 N–H and O–H groups in total. The van der Waals surface area contributed by atoms with Crippen molar-refractivity contribution >= 4 is 34.9 Å². The number of amides is 2. The fourth-order valence-corrected chi connectivity index (χ4v) is 4.72. The van der Waals surface area contributed by atoms with Gasteiger partial charge in [-0.25, -0.2) is 4.79 Å². The number of hydrogen-bond donors (Lipinski definition) is 0. The predicted octanol–water partition coefficient (Wildman–Crippen LogP) is 4.02. The molecule has 4 rings (SSSR count). The van der Waals surface area contributed by atoms with Gasteiger partial charge < -0.3 is 4.74 Å². The Kier molecular flexibility index (Phi) is 5.32. The van der Waals surface area contributed by atoms with Gasteiger partial charge in [-0.3, -0.25) is 19.3 Å². The third kappa shape index (κ3) is 3.74. The topological polar surface area (TPSA) is 80.8 Å². The molecular formula is C22H21NO5S. The van der Waals surface area contributed by atoms with Crippen LogP contribution in [0.25, 0.3) is 0 Å². The summed E-state index contributed by atoms with van der Waals surface area (Å²) in [5.41, 5.74) is 0.711. The number of hydrogen-bond acceptors (Lipinski definition) is 6. The molecule has 0 radical (unpaired) electrons. The Morgan fingerprint density at radius 3 is 2.45 bits per heavy atom. The van der Waals surface area contributed by atoms with Gasteiger partial charge in [0.05, 0.1) is 21.6 Å². The average Bonchev–Trinajstić information content (AvgIpc) is 3.28. The zero-order valence-corrected chi connectivity index (χ0v) is 16.9. The molecule has 2 aromatic rings. The number of aryl methyl sites for hydroxylation is 1. The third-order valence-electron chi connectivity index (χ3n) is 5.44. The molecule has 2 amide bonds. The number of rotatable bonds is 5. The molecule has 7 heteroatoms. The van der Waals surface area contributed by atoms with E-state index >= 15 is 0 Å². The minimum absolute atomic E-state index is 0.0709. The van der Waals surface area contributed by atoms with Crippen molar-refractivity contribution in [1.29, 1.82) is 0 Å². The maximum absolute atomic E-state index is 12.8. The number of ketones is 1. The Bertz CT molecular complexity index is 1000. The van der Waals surface area contributed by atoms with Crippen LogP contribution >= 0.6 is 11.3 Å². The fraction of sp³-hybridized carbons (Fsp3) is 0.364. The number of ether oxygens (including phenoxy) is 1. The highest BCUT2D eigenvalue weighted by molar-refractivity contribution is 7.14. The van der Waals surface area contributed by atoms with E-state index in [4.69, 9.17) is 4.74 Å². The van der Waals surface area contributed by atoms with Gasteiger partial charge in [0.15, 0.2) is 6.61 Å².